The minimum atomic E-state index is -0.0961. The molecule has 0 saturated carbocycles. The number of carbonyl (C=O) groups is 1. The van der Waals surface area contributed by atoms with E-state index in [-0.39, 0.29) is 5.91 Å². The van der Waals surface area contributed by atoms with Crippen molar-refractivity contribution in [2.45, 2.75) is 40.5 Å². The Kier molecular flexibility index (Phi) is 5.11. The van der Waals surface area contributed by atoms with Crippen LogP contribution in [0.2, 0.25) is 0 Å². The molecule has 1 amide bonds. The van der Waals surface area contributed by atoms with E-state index in [4.69, 9.17) is 0 Å². The standard InChI is InChI=1S/C20H23N5O/c1-13-12-14(2)22-20(21-13)23-19(26)11-10-18-15(3)24-25(16(18)4)17-8-6-5-7-9-17/h5-9,12H,10-11H2,1-4H3,(H,21,22,23,26). The fraction of sp³-hybridized carbons (Fsp3) is 0.300. The number of hydrogen-bond acceptors (Lipinski definition) is 4. The second kappa shape index (κ2) is 7.47. The number of nitrogens with zero attached hydrogens (tertiary/aromatic N) is 4. The maximum Gasteiger partial charge on any atom is 0.229 e. The molecule has 0 saturated heterocycles. The number of benzene rings is 1. The van der Waals surface area contributed by atoms with Crippen LogP contribution in [-0.4, -0.2) is 25.7 Å². The van der Waals surface area contributed by atoms with Crippen LogP contribution in [0, 0.1) is 27.7 Å². The molecule has 26 heavy (non-hydrogen) atoms. The van der Waals surface area contributed by atoms with Gasteiger partial charge in [-0.2, -0.15) is 5.10 Å². The van der Waals surface area contributed by atoms with Gasteiger partial charge >= 0.3 is 0 Å². The van der Waals surface area contributed by atoms with Crippen molar-refractivity contribution in [3.63, 3.8) is 0 Å². The molecule has 1 aromatic carbocycles. The molecule has 0 radical (unpaired) electrons. The van der Waals surface area contributed by atoms with Crippen LogP contribution >= 0.6 is 0 Å². The van der Waals surface area contributed by atoms with Gasteiger partial charge in [-0.1, -0.05) is 18.2 Å². The number of carbonyl (C=O) groups excluding carboxylic acids is 1. The van der Waals surface area contributed by atoms with Gasteiger partial charge in [0.2, 0.25) is 11.9 Å². The van der Waals surface area contributed by atoms with Crippen molar-refractivity contribution < 1.29 is 4.79 Å². The van der Waals surface area contributed by atoms with Crippen molar-refractivity contribution in [1.29, 1.82) is 0 Å². The van der Waals surface area contributed by atoms with Gasteiger partial charge in [0.05, 0.1) is 11.4 Å². The van der Waals surface area contributed by atoms with E-state index in [2.05, 4.69) is 20.4 Å². The Balaban J connectivity index is 1.70. The van der Waals surface area contributed by atoms with Crippen molar-refractivity contribution in [2.75, 3.05) is 5.32 Å². The normalized spacial score (nSPS) is 10.8. The van der Waals surface area contributed by atoms with Crippen molar-refractivity contribution in [1.82, 2.24) is 19.7 Å². The van der Waals surface area contributed by atoms with Gasteiger partial charge in [0.1, 0.15) is 0 Å². The molecule has 2 aromatic heterocycles. The summed E-state index contributed by atoms with van der Waals surface area (Å²) in [5, 5.41) is 7.41. The van der Waals surface area contributed by atoms with Gasteiger partial charge in [0.25, 0.3) is 0 Å². The van der Waals surface area contributed by atoms with Gasteiger partial charge in [0.15, 0.2) is 0 Å². The summed E-state index contributed by atoms with van der Waals surface area (Å²) in [5.41, 5.74) is 5.80. The fourth-order valence-electron chi connectivity index (χ4n) is 3.06. The highest BCUT2D eigenvalue weighted by Gasteiger charge is 2.14. The lowest BCUT2D eigenvalue weighted by Gasteiger charge is -2.07. The van der Waals surface area contributed by atoms with Crippen LogP contribution in [0.15, 0.2) is 36.4 Å². The SMILES string of the molecule is Cc1cc(C)nc(NC(=O)CCc2c(C)nn(-c3ccccc3)c2C)n1. The summed E-state index contributed by atoms with van der Waals surface area (Å²) >= 11 is 0. The third kappa shape index (κ3) is 3.96. The van der Waals surface area contributed by atoms with Gasteiger partial charge in [-0.25, -0.2) is 14.6 Å². The van der Waals surface area contributed by atoms with Crippen LogP contribution in [-0.2, 0) is 11.2 Å². The van der Waals surface area contributed by atoms with Gasteiger partial charge < -0.3 is 0 Å². The molecule has 3 rings (SSSR count). The Bertz CT molecular complexity index is 911. The molecule has 0 atom stereocenters. The Morgan fingerprint density at radius 1 is 1.04 bits per heavy atom. The molecule has 3 aromatic rings. The first-order valence-corrected chi connectivity index (χ1v) is 8.66. The first kappa shape index (κ1) is 17.8. The van der Waals surface area contributed by atoms with Gasteiger partial charge in [0, 0.05) is 23.5 Å². The summed E-state index contributed by atoms with van der Waals surface area (Å²) in [6.07, 6.45) is 0.986. The molecule has 0 aliphatic heterocycles. The zero-order chi connectivity index (χ0) is 18.7. The number of anilines is 1. The number of aromatic nitrogens is 4. The van der Waals surface area contributed by atoms with Crippen molar-refractivity contribution in [2.24, 2.45) is 0 Å². The first-order chi connectivity index (χ1) is 12.4. The number of rotatable bonds is 5. The summed E-state index contributed by atoms with van der Waals surface area (Å²) in [5.74, 6) is 0.266. The topological polar surface area (TPSA) is 72.7 Å². The first-order valence-electron chi connectivity index (χ1n) is 8.66. The smallest absolute Gasteiger partial charge is 0.229 e. The molecule has 2 heterocycles. The Morgan fingerprint density at radius 2 is 1.69 bits per heavy atom. The van der Waals surface area contributed by atoms with Crippen LogP contribution in [0.1, 0.15) is 34.8 Å². The monoisotopic (exact) mass is 349 g/mol. The molecular formula is C20H23N5O. The fourth-order valence-corrected chi connectivity index (χ4v) is 3.06. The predicted octanol–water partition coefficient (Wildman–Crippen LogP) is 3.47. The number of aryl methyl sites for hydroxylation is 3. The lowest BCUT2D eigenvalue weighted by molar-refractivity contribution is -0.116. The van der Waals surface area contributed by atoms with Crippen molar-refractivity contribution in [3.8, 4) is 5.69 Å². The summed E-state index contributed by atoms with van der Waals surface area (Å²) in [6.45, 7) is 7.78. The molecule has 6 nitrogen and oxygen atoms in total. The van der Waals surface area contributed by atoms with E-state index in [0.29, 0.717) is 18.8 Å². The number of para-hydroxylation sites is 1. The average Bonchev–Trinajstić information content (AvgIpc) is 2.87. The van der Waals surface area contributed by atoms with Crippen LogP contribution in [0.5, 0.6) is 0 Å². The van der Waals surface area contributed by atoms with Crippen molar-refractivity contribution in [3.05, 3.63) is 64.7 Å². The molecule has 0 bridgehead atoms. The summed E-state index contributed by atoms with van der Waals surface area (Å²) in [6, 6.07) is 11.9. The third-order valence-corrected chi connectivity index (χ3v) is 4.28. The largest absolute Gasteiger partial charge is 0.295 e. The zero-order valence-electron chi connectivity index (χ0n) is 15.6. The number of nitrogens with one attached hydrogen (secondary N) is 1. The minimum Gasteiger partial charge on any atom is -0.295 e. The van der Waals surface area contributed by atoms with E-state index < -0.39 is 0 Å². The summed E-state index contributed by atoms with van der Waals surface area (Å²) in [7, 11) is 0. The maximum absolute atomic E-state index is 12.3. The highest BCUT2D eigenvalue weighted by Crippen LogP contribution is 2.19. The zero-order valence-corrected chi connectivity index (χ0v) is 15.6. The average molecular weight is 349 g/mol. The predicted molar refractivity (Wildman–Crippen MR) is 101 cm³/mol. The van der Waals surface area contributed by atoms with E-state index in [1.165, 1.54) is 0 Å². The van der Waals surface area contributed by atoms with E-state index in [1.807, 2.05) is 68.8 Å². The molecule has 0 aliphatic carbocycles. The van der Waals surface area contributed by atoms with E-state index in [0.717, 1.165) is 34.0 Å². The summed E-state index contributed by atoms with van der Waals surface area (Å²) < 4.78 is 1.93. The van der Waals surface area contributed by atoms with Gasteiger partial charge in [-0.05, 0) is 57.9 Å². The molecule has 6 heteroatoms. The highest BCUT2D eigenvalue weighted by molar-refractivity contribution is 5.89. The Hall–Kier alpha value is -3.02. The van der Waals surface area contributed by atoms with E-state index in [9.17, 15) is 4.79 Å². The molecule has 0 fully saturated rings. The number of amides is 1. The van der Waals surface area contributed by atoms with E-state index in [1.54, 1.807) is 0 Å². The van der Waals surface area contributed by atoms with Crippen molar-refractivity contribution >= 4 is 11.9 Å². The maximum atomic E-state index is 12.3. The molecule has 0 aliphatic rings. The molecule has 0 unspecified atom stereocenters. The third-order valence-electron chi connectivity index (χ3n) is 4.28. The Labute approximate surface area is 153 Å². The second-order valence-electron chi connectivity index (χ2n) is 6.42. The molecule has 0 spiro atoms. The highest BCUT2D eigenvalue weighted by atomic mass is 16.1. The lowest BCUT2D eigenvalue weighted by Crippen LogP contribution is -2.15. The van der Waals surface area contributed by atoms with Crippen LogP contribution in [0.3, 0.4) is 0 Å². The quantitative estimate of drug-likeness (QED) is 0.765. The molecular weight excluding hydrogens is 326 g/mol. The lowest BCUT2D eigenvalue weighted by atomic mass is 10.1. The van der Waals surface area contributed by atoms with Gasteiger partial charge in [-0.15, -0.1) is 0 Å². The molecule has 134 valence electrons. The second-order valence-corrected chi connectivity index (χ2v) is 6.42. The minimum absolute atomic E-state index is 0.0961. The van der Waals surface area contributed by atoms with Crippen LogP contribution < -0.4 is 5.32 Å². The van der Waals surface area contributed by atoms with Gasteiger partial charge in [-0.3, -0.25) is 10.1 Å². The summed E-state index contributed by atoms with van der Waals surface area (Å²) in [4.78, 5) is 20.8. The van der Waals surface area contributed by atoms with Crippen LogP contribution in [0.25, 0.3) is 5.69 Å². The Morgan fingerprint density at radius 3 is 2.35 bits per heavy atom. The van der Waals surface area contributed by atoms with Crippen LogP contribution in [0.4, 0.5) is 5.95 Å². The van der Waals surface area contributed by atoms with E-state index >= 15 is 0 Å². The number of hydrogen-bond donors (Lipinski definition) is 1. The molecule has 1 N–H and O–H groups in total.